The van der Waals surface area contributed by atoms with E-state index in [-0.39, 0.29) is 0 Å². The SMILES string of the molecule is c1ccc(NNc2cc(Nc3ccc(Oc4ccccc4)cc3)ncn2)cc1. The van der Waals surface area contributed by atoms with Crippen molar-refractivity contribution >= 4 is 23.0 Å². The highest BCUT2D eigenvalue weighted by Gasteiger charge is 2.01. The maximum Gasteiger partial charge on any atom is 0.149 e. The normalized spacial score (nSPS) is 10.1. The van der Waals surface area contributed by atoms with Crippen LogP contribution < -0.4 is 20.9 Å². The molecule has 28 heavy (non-hydrogen) atoms. The van der Waals surface area contributed by atoms with Crippen LogP contribution in [-0.2, 0) is 0 Å². The number of benzene rings is 3. The number of anilines is 4. The molecule has 0 saturated heterocycles. The van der Waals surface area contributed by atoms with E-state index in [2.05, 4.69) is 26.1 Å². The van der Waals surface area contributed by atoms with Crippen LogP contribution in [0.3, 0.4) is 0 Å². The highest BCUT2D eigenvalue weighted by atomic mass is 16.5. The lowest BCUT2D eigenvalue weighted by Crippen LogP contribution is -2.10. The number of hydrogen-bond donors (Lipinski definition) is 3. The molecular formula is C22H19N5O. The molecule has 0 atom stereocenters. The lowest BCUT2D eigenvalue weighted by Gasteiger charge is -2.11. The lowest BCUT2D eigenvalue weighted by molar-refractivity contribution is 0.483. The summed E-state index contributed by atoms with van der Waals surface area (Å²) in [6.45, 7) is 0. The molecule has 0 aliphatic carbocycles. The molecule has 0 saturated carbocycles. The Kier molecular flexibility index (Phi) is 5.30. The van der Waals surface area contributed by atoms with Crippen molar-refractivity contribution in [2.24, 2.45) is 0 Å². The summed E-state index contributed by atoms with van der Waals surface area (Å²) in [6.07, 6.45) is 1.50. The molecule has 0 aliphatic heterocycles. The van der Waals surface area contributed by atoms with E-state index < -0.39 is 0 Å². The second-order valence-corrected chi connectivity index (χ2v) is 5.97. The van der Waals surface area contributed by atoms with Crippen LogP contribution in [-0.4, -0.2) is 9.97 Å². The van der Waals surface area contributed by atoms with Gasteiger partial charge < -0.3 is 10.1 Å². The summed E-state index contributed by atoms with van der Waals surface area (Å²) in [4.78, 5) is 8.47. The average molecular weight is 369 g/mol. The zero-order valence-electron chi connectivity index (χ0n) is 15.0. The molecule has 4 rings (SSSR count). The van der Waals surface area contributed by atoms with Gasteiger partial charge >= 0.3 is 0 Å². The monoisotopic (exact) mass is 369 g/mol. The van der Waals surface area contributed by atoms with E-state index in [1.54, 1.807) is 0 Å². The second kappa shape index (κ2) is 8.55. The Morgan fingerprint density at radius 1 is 0.571 bits per heavy atom. The summed E-state index contributed by atoms with van der Waals surface area (Å²) in [5.41, 5.74) is 8.01. The second-order valence-electron chi connectivity index (χ2n) is 5.97. The van der Waals surface area contributed by atoms with Crippen molar-refractivity contribution in [3.05, 3.63) is 97.3 Å². The van der Waals surface area contributed by atoms with Gasteiger partial charge in [-0.2, -0.15) is 0 Å². The Hall–Kier alpha value is -4.06. The highest BCUT2D eigenvalue weighted by molar-refractivity contribution is 5.60. The molecule has 138 valence electrons. The minimum absolute atomic E-state index is 0.658. The van der Waals surface area contributed by atoms with Gasteiger partial charge in [0.2, 0.25) is 0 Å². The van der Waals surface area contributed by atoms with Gasteiger partial charge in [-0.25, -0.2) is 9.97 Å². The van der Waals surface area contributed by atoms with Crippen molar-refractivity contribution in [1.29, 1.82) is 0 Å². The van der Waals surface area contributed by atoms with Crippen LogP contribution in [0.25, 0.3) is 0 Å². The molecule has 0 aliphatic rings. The zero-order valence-corrected chi connectivity index (χ0v) is 15.0. The number of para-hydroxylation sites is 2. The molecule has 3 aromatic carbocycles. The van der Waals surface area contributed by atoms with Crippen LogP contribution in [0, 0.1) is 0 Å². The van der Waals surface area contributed by atoms with Gasteiger partial charge in [-0.3, -0.25) is 10.9 Å². The van der Waals surface area contributed by atoms with Crippen molar-refractivity contribution < 1.29 is 4.74 Å². The third kappa shape index (κ3) is 4.76. The van der Waals surface area contributed by atoms with E-state index in [0.717, 1.165) is 22.9 Å². The first kappa shape index (κ1) is 17.4. The minimum Gasteiger partial charge on any atom is -0.457 e. The Morgan fingerprint density at radius 3 is 1.96 bits per heavy atom. The summed E-state index contributed by atoms with van der Waals surface area (Å²) >= 11 is 0. The van der Waals surface area contributed by atoms with Crippen molar-refractivity contribution in [2.45, 2.75) is 0 Å². The first-order valence-electron chi connectivity index (χ1n) is 8.84. The van der Waals surface area contributed by atoms with Gasteiger partial charge in [0.05, 0.1) is 5.69 Å². The molecule has 0 amide bonds. The predicted molar refractivity (Wildman–Crippen MR) is 112 cm³/mol. The standard InChI is InChI=1S/C22H19N5O/c1-3-7-18(8-4-1)26-27-22-15-21(23-16-24-22)25-17-11-13-20(14-12-17)28-19-9-5-2-6-10-19/h1-16,26H,(H2,23,24,25,27). The van der Waals surface area contributed by atoms with Crippen molar-refractivity contribution in [3.8, 4) is 11.5 Å². The van der Waals surface area contributed by atoms with Crippen LogP contribution in [0.5, 0.6) is 11.5 Å². The number of rotatable bonds is 7. The van der Waals surface area contributed by atoms with Crippen LogP contribution in [0.1, 0.15) is 0 Å². The van der Waals surface area contributed by atoms with Crippen LogP contribution in [0.2, 0.25) is 0 Å². The van der Waals surface area contributed by atoms with Crippen molar-refractivity contribution in [3.63, 3.8) is 0 Å². The molecule has 1 heterocycles. The van der Waals surface area contributed by atoms with E-state index in [4.69, 9.17) is 4.74 Å². The molecule has 0 radical (unpaired) electrons. The zero-order chi connectivity index (χ0) is 19.0. The fourth-order valence-corrected chi connectivity index (χ4v) is 2.53. The van der Waals surface area contributed by atoms with Gasteiger partial charge in [-0.15, -0.1) is 0 Å². The summed E-state index contributed by atoms with van der Waals surface area (Å²) in [6, 6.07) is 29.0. The topological polar surface area (TPSA) is 71.1 Å². The van der Waals surface area contributed by atoms with E-state index in [0.29, 0.717) is 11.6 Å². The third-order valence-electron chi connectivity index (χ3n) is 3.88. The largest absolute Gasteiger partial charge is 0.457 e. The van der Waals surface area contributed by atoms with E-state index in [9.17, 15) is 0 Å². The number of nitrogens with zero attached hydrogens (tertiary/aromatic N) is 2. The Labute approximate surface area is 163 Å². The predicted octanol–water partition coefficient (Wildman–Crippen LogP) is 5.45. The fourth-order valence-electron chi connectivity index (χ4n) is 2.53. The van der Waals surface area contributed by atoms with Gasteiger partial charge in [-0.1, -0.05) is 36.4 Å². The summed E-state index contributed by atoms with van der Waals surface area (Å²) in [7, 11) is 0. The van der Waals surface area contributed by atoms with Crippen LogP contribution in [0.4, 0.5) is 23.0 Å². The van der Waals surface area contributed by atoms with E-state index >= 15 is 0 Å². The first-order valence-corrected chi connectivity index (χ1v) is 8.84. The molecule has 1 aromatic heterocycles. The van der Waals surface area contributed by atoms with Gasteiger partial charge in [0, 0.05) is 11.8 Å². The minimum atomic E-state index is 0.658. The van der Waals surface area contributed by atoms with E-state index in [1.165, 1.54) is 6.33 Å². The quantitative estimate of drug-likeness (QED) is 0.376. The Morgan fingerprint density at radius 2 is 1.21 bits per heavy atom. The highest BCUT2D eigenvalue weighted by Crippen LogP contribution is 2.24. The summed E-state index contributed by atoms with van der Waals surface area (Å²) < 4.78 is 5.80. The van der Waals surface area contributed by atoms with Gasteiger partial charge in [0.1, 0.15) is 29.5 Å². The number of aromatic nitrogens is 2. The third-order valence-corrected chi connectivity index (χ3v) is 3.88. The van der Waals surface area contributed by atoms with E-state index in [1.807, 2.05) is 91.0 Å². The number of hydrazine groups is 1. The summed E-state index contributed by atoms with van der Waals surface area (Å²) in [5.74, 6) is 2.92. The maximum absolute atomic E-state index is 5.80. The maximum atomic E-state index is 5.80. The number of ether oxygens (including phenoxy) is 1. The van der Waals surface area contributed by atoms with Crippen LogP contribution in [0.15, 0.2) is 97.3 Å². The Balaban J connectivity index is 1.37. The number of hydrogen-bond acceptors (Lipinski definition) is 6. The smallest absolute Gasteiger partial charge is 0.149 e. The van der Waals surface area contributed by atoms with Gasteiger partial charge in [-0.05, 0) is 48.5 Å². The number of nitrogens with one attached hydrogen (secondary N) is 3. The van der Waals surface area contributed by atoms with Gasteiger partial charge in [0.15, 0.2) is 0 Å². The Bertz CT molecular complexity index is 1010. The van der Waals surface area contributed by atoms with Gasteiger partial charge in [0.25, 0.3) is 0 Å². The molecular weight excluding hydrogens is 350 g/mol. The molecule has 0 fully saturated rings. The molecule has 0 spiro atoms. The van der Waals surface area contributed by atoms with Crippen molar-refractivity contribution in [2.75, 3.05) is 16.2 Å². The lowest BCUT2D eigenvalue weighted by atomic mass is 10.3. The fraction of sp³-hybridized carbons (Fsp3) is 0. The molecule has 0 bridgehead atoms. The molecule has 6 nitrogen and oxygen atoms in total. The molecule has 6 heteroatoms. The molecule has 3 N–H and O–H groups in total. The first-order chi connectivity index (χ1) is 13.8. The molecule has 0 unspecified atom stereocenters. The van der Waals surface area contributed by atoms with Crippen molar-refractivity contribution in [1.82, 2.24) is 9.97 Å². The average Bonchev–Trinajstić information content (AvgIpc) is 2.76. The van der Waals surface area contributed by atoms with Crippen LogP contribution >= 0.6 is 0 Å². The summed E-state index contributed by atoms with van der Waals surface area (Å²) in [5, 5.41) is 3.26. The molecule has 4 aromatic rings.